The largest absolute Gasteiger partial charge is 0.293 e. The first-order valence-electron chi connectivity index (χ1n) is 7.98. The predicted molar refractivity (Wildman–Crippen MR) is 101 cm³/mol. The van der Waals surface area contributed by atoms with Gasteiger partial charge in [-0.05, 0) is 55.9 Å². The van der Waals surface area contributed by atoms with Crippen molar-refractivity contribution in [3.8, 4) is 0 Å². The highest BCUT2D eigenvalue weighted by atomic mass is 32.2. The summed E-state index contributed by atoms with van der Waals surface area (Å²) in [6.45, 7) is 6.11. The van der Waals surface area contributed by atoms with Gasteiger partial charge in [0.2, 0.25) is 0 Å². The highest BCUT2D eigenvalue weighted by Gasteiger charge is 2.46. The van der Waals surface area contributed by atoms with Crippen molar-refractivity contribution < 1.29 is 14.0 Å². The van der Waals surface area contributed by atoms with Crippen LogP contribution in [-0.4, -0.2) is 24.1 Å². The van der Waals surface area contributed by atoms with Crippen LogP contribution in [0, 0.1) is 11.7 Å². The lowest BCUT2D eigenvalue weighted by molar-refractivity contribution is -0.120. The van der Waals surface area contributed by atoms with Crippen molar-refractivity contribution in [2.45, 2.75) is 39.0 Å². The molecule has 0 N–H and O–H groups in total. The molecule has 0 unspecified atom stereocenters. The van der Waals surface area contributed by atoms with Gasteiger partial charge in [-0.1, -0.05) is 19.9 Å². The fraction of sp³-hybridized carbons (Fsp3) is 0.474. The average molecular weight is 367 g/mol. The van der Waals surface area contributed by atoms with E-state index in [1.165, 1.54) is 35.7 Å². The Bertz CT molecular complexity index is 703. The van der Waals surface area contributed by atoms with Crippen LogP contribution >= 0.6 is 23.5 Å². The summed E-state index contributed by atoms with van der Waals surface area (Å²) in [4.78, 5) is 26.2. The molecule has 2 nitrogen and oxygen atoms in total. The maximum Gasteiger partial charge on any atom is 0.198 e. The normalized spacial score (nSPS) is 20.5. The van der Waals surface area contributed by atoms with Gasteiger partial charge in [-0.15, -0.1) is 23.5 Å². The van der Waals surface area contributed by atoms with Crippen LogP contribution in [0.1, 0.15) is 49.5 Å². The summed E-state index contributed by atoms with van der Waals surface area (Å²) in [5.41, 5.74) is 0.424. The van der Waals surface area contributed by atoms with Gasteiger partial charge in [-0.3, -0.25) is 9.59 Å². The van der Waals surface area contributed by atoms with E-state index < -0.39 is 11.2 Å². The smallest absolute Gasteiger partial charge is 0.198 e. The summed E-state index contributed by atoms with van der Waals surface area (Å²) in [6.07, 6.45) is 5.22. The van der Waals surface area contributed by atoms with E-state index in [0.717, 1.165) is 6.42 Å². The molecule has 0 fully saturated rings. The lowest BCUT2D eigenvalue weighted by Gasteiger charge is -2.36. The first-order valence-corrected chi connectivity index (χ1v) is 10.4. The Morgan fingerprint density at radius 2 is 1.83 bits per heavy atom. The van der Waals surface area contributed by atoms with Gasteiger partial charge in [0.05, 0.1) is 15.2 Å². The maximum atomic E-state index is 13.8. The van der Waals surface area contributed by atoms with Gasteiger partial charge in [0.1, 0.15) is 5.82 Å². The second kappa shape index (κ2) is 7.44. The molecule has 0 spiro atoms. The number of carbonyl (C=O) groups excluding carboxylic acids is 2. The molecule has 2 rings (SSSR count). The zero-order valence-electron chi connectivity index (χ0n) is 14.7. The number of carbonyl (C=O) groups is 2. The van der Waals surface area contributed by atoms with Crippen molar-refractivity contribution in [3.05, 3.63) is 45.0 Å². The van der Waals surface area contributed by atoms with Crippen LogP contribution in [0.5, 0.6) is 0 Å². The fourth-order valence-corrected chi connectivity index (χ4v) is 4.57. The zero-order valence-corrected chi connectivity index (χ0v) is 16.4. The van der Waals surface area contributed by atoms with Crippen molar-refractivity contribution >= 4 is 35.1 Å². The minimum atomic E-state index is -0.784. The molecule has 0 bridgehead atoms. The lowest BCUT2D eigenvalue weighted by atomic mass is 9.65. The third kappa shape index (κ3) is 3.33. The first-order chi connectivity index (χ1) is 11.3. The number of hydrogen-bond acceptors (Lipinski definition) is 4. The fourth-order valence-electron chi connectivity index (χ4n) is 3.12. The van der Waals surface area contributed by atoms with Crippen LogP contribution in [0.4, 0.5) is 4.39 Å². The molecule has 0 heterocycles. The number of benzene rings is 1. The molecule has 1 atom stereocenters. The Kier molecular flexibility index (Phi) is 5.97. The molecule has 5 heteroatoms. The van der Waals surface area contributed by atoms with Gasteiger partial charge in [0.25, 0.3) is 0 Å². The van der Waals surface area contributed by atoms with Crippen LogP contribution in [0.15, 0.2) is 28.0 Å². The molecule has 1 aliphatic rings. The number of ketones is 2. The molecule has 0 aromatic heterocycles. The molecule has 0 aliphatic heterocycles. The number of fused-ring (bicyclic) bond motifs is 1. The standard InChI is InChI=1S/C19H23FO2S2/c1-11(2)8-9-19(3)14-7-6-12(20)10-13(14)16(21)15(17(19)22)18(23-4)24-5/h6-7,10-11H,8-9H2,1-5H3/t19-/m0/s1. The molecule has 1 aromatic rings. The number of Topliss-reactive ketones (excluding diaryl/α,β-unsaturated/α-hetero) is 2. The number of halogens is 1. The maximum absolute atomic E-state index is 13.8. The molecule has 0 saturated heterocycles. The summed E-state index contributed by atoms with van der Waals surface area (Å²) < 4.78 is 14.5. The molecular weight excluding hydrogens is 343 g/mol. The van der Waals surface area contributed by atoms with Crippen LogP contribution in [0.25, 0.3) is 0 Å². The van der Waals surface area contributed by atoms with Gasteiger partial charge in [0, 0.05) is 5.56 Å². The van der Waals surface area contributed by atoms with E-state index in [-0.39, 0.29) is 17.1 Å². The van der Waals surface area contributed by atoms with Crippen LogP contribution in [-0.2, 0) is 10.2 Å². The summed E-state index contributed by atoms with van der Waals surface area (Å²) in [5, 5.41) is 0. The van der Waals surface area contributed by atoms with Crippen molar-refractivity contribution in [1.82, 2.24) is 0 Å². The quantitative estimate of drug-likeness (QED) is 0.528. The third-order valence-corrected chi connectivity index (χ3v) is 6.72. The van der Waals surface area contributed by atoms with Crippen molar-refractivity contribution in [2.24, 2.45) is 5.92 Å². The van der Waals surface area contributed by atoms with E-state index >= 15 is 0 Å². The molecule has 24 heavy (non-hydrogen) atoms. The molecule has 0 radical (unpaired) electrons. The highest BCUT2D eigenvalue weighted by molar-refractivity contribution is 8.21. The van der Waals surface area contributed by atoms with Gasteiger partial charge in [-0.25, -0.2) is 4.39 Å². The van der Waals surface area contributed by atoms with Gasteiger partial charge in [-0.2, -0.15) is 0 Å². The summed E-state index contributed by atoms with van der Waals surface area (Å²) in [7, 11) is 0. The van der Waals surface area contributed by atoms with Crippen LogP contribution in [0.2, 0.25) is 0 Å². The summed E-state index contributed by atoms with van der Waals surface area (Å²) in [6, 6.07) is 4.22. The topological polar surface area (TPSA) is 34.1 Å². The Hall–Kier alpha value is -1.07. The number of hydrogen-bond donors (Lipinski definition) is 0. The van der Waals surface area contributed by atoms with E-state index in [1.54, 1.807) is 6.07 Å². The number of rotatable bonds is 5. The predicted octanol–water partition coefficient (Wildman–Crippen LogP) is 5.22. The van der Waals surface area contributed by atoms with E-state index in [1.807, 2.05) is 19.4 Å². The summed E-state index contributed by atoms with van der Waals surface area (Å²) in [5.74, 6) is -0.484. The highest BCUT2D eigenvalue weighted by Crippen LogP contribution is 2.44. The number of allylic oxidation sites excluding steroid dienone is 1. The van der Waals surface area contributed by atoms with Crippen LogP contribution in [0.3, 0.4) is 0 Å². The summed E-state index contributed by atoms with van der Waals surface area (Å²) >= 11 is 2.79. The molecule has 0 saturated carbocycles. The SMILES string of the molecule is CSC(SC)=C1C(=O)c2cc(F)ccc2[C@](C)(CCC(C)C)C1=O. The van der Waals surface area contributed by atoms with Crippen molar-refractivity contribution in [3.63, 3.8) is 0 Å². The Labute approximate surface area is 151 Å². The van der Waals surface area contributed by atoms with E-state index in [0.29, 0.717) is 27.7 Å². The third-order valence-electron chi connectivity index (χ3n) is 4.57. The monoisotopic (exact) mass is 366 g/mol. The molecule has 1 aliphatic carbocycles. The second-order valence-corrected chi connectivity index (χ2v) is 8.57. The average Bonchev–Trinajstić information content (AvgIpc) is 2.55. The van der Waals surface area contributed by atoms with E-state index in [4.69, 9.17) is 0 Å². The number of thioether (sulfide) groups is 2. The minimum absolute atomic E-state index is 0.133. The minimum Gasteiger partial charge on any atom is -0.293 e. The van der Waals surface area contributed by atoms with Gasteiger partial charge < -0.3 is 0 Å². The second-order valence-electron chi connectivity index (χ2n) is 6.68. The zero-order chi connectivity index (χ0) is 18.1. The van der Waals surface area contributed by atoms with Gasteiger partial charge >= 0.3 is 0 Å². The lowest BCUT2D eigenvalue weighted by Crippen LogP contribution is -2.42. The van der Waals surface area contributed by atoms with Gasteiger partial charge in [0.15, 0.2) is 11.6 Å². The first kappa shape index (κ1) is 19.3. The van der Waals surface area contributed by atoms with Crippen molar-refractivity contribution in [1.29, 1.82) is 0 Å². The Morgan fingerprint density at radius 1 is 1.21 bits per heavy atom. The molecular formula is C19H23FO2S2. The van der Waals surface area contributed by atoms with Crippen molar-refractivity contribution in [2.75, 3.05) is 12.5 Å². The molecule has 130 valence electrons. The molecule has 0 amide bonds. The van der Waals surface area contributed by atoms with Crippen LogP contribution < -0.4 is 0 Å². The van der Waals surface area contributed by atoms with E-state index in [9.17, 15) is 14.0 Å². The Morgan fingerprint density at radius 3 is 2.38 bits per heavy atom. The molecule has 1 aromatic carbocycles. The van der Waals surface area contributed by atoms with E-state index in [2.05, 4.69) is 13.8 Å². The Balaban J connectivity index is 2.71.